The Hall–Kier alpha value is -0.900. The molecule has 1 spiro atoms. The molecule has 3 rings (SSSR count). The van der Waals surface area contributed by atoms with Crippen molar-refractivity contribution >= 4 is 0 Å². The van der Waals surface area contributed by atoms with Gasteiger partial charge in [-0.3, -0.25) is 0 Å². The predicted molar refractivity (Wildman–Crippen MR) is 70.4 cm³/mol. The van der Waals surface area contributed by atoms with Gasteiger partial charge in [0.2, 0.25) is 0 Å². The SMILES string of the molecule is Cc1ccccc1C1CC2(CCN1)OCCCO2. The molecule has 2 heterocycles. The molecular weight excluding hydrogens is 226 g/mol. The highest BCUT2D eigenvalue weighted by Crippen LogP contribution is 2.36. The molecular formula is C15H21NO2. The van der Waals surface area contributed by atoms with E-state index in [1.807, 2.05) is 0 Å². The highest BCUT2D eigenvalue weighted by atomic mass is 16.7. The molecule has 1 aromatic carbocycles. The quantitative estimate of drug-likeness (QED) is 0.827. The van der Waals surface area contributed by atoms with Crippen molar-refractivity contribution in [1.82, 2.24) is 5.32 Å². The zero-order valence-corrected chi connectivity index (χ0v) is 10.9. The first kappa shape index (κ1) is 12.2. The van der Waals surface area contributed by atoms with E-state index in [0.29, 0.717) is 6.04 Å². The second-order valence-electron chi connectivity index (χ2n) is 5.28. The van der Waals surface area contributed by atoms with Gasteiger partial charge in [-0.2, -0.15) is 0 Å². The van der Waals surface area contributed by atoms with Crippen LogP contribution >= 0.6 is 0 Å². The summed E-state index contributed by atoms with van der Waals surface area (Å²) in [5.41, 5.74) is 2.71. The first-order valence-electron chi connectivity index (χ1n) is 6.86. The summed E-state index contributed by atoms with van der Waals surface area (Å²) in [4.78, 5) is 0. The molecule has 3 nitrogen and oxygen atoms in total. The highest BCUT2D eigenvalue weighted by molar-refractivity contribution is 5.29. The van der Waals surface area contributed by atoms with Gasteiger partial charge in [-0.15, -0.1) is 0 Å². The third kappa shape index (κ3) is 2.30. The van der Waals surface area contributed by atoms with E-state index in [0.717, 1.165) is 39.0 Å². The van der Waals surface area contributed by atoms with E-state index >= 15 is 0 Å². The van der Waals surface area contributed by atoms with E-state index in [-0.39, 0.29) is 5.79 Å². The number of aryl methyl sites for hydroxylation is 1. The lowest BCUT2D eigenvalue weighted by Gasteiger charge is -2.43. The van der Waals surface area contributed by atoms with E-state index in [1.54, 1.807) is 0 Å². The van der Waals surface area contributed by atoms with Gasteiger partial charge in [0.25, 0.3) is 0 Å². The summed E-state index contributed by atoms with van der Waals surface area (Å²) in [6.07, 6.45) is 2.89. The van der Waals surface area contributed by atoms with E-state index < -0.39 is 0 Å². The van der Waals surface area contributed by atoms with Crippen molar-refractivity contribution in [3.05, 3.63) is 35.4 Å². The van der Waals surface area contributed by atoms with Crippen LogP contribution in [0.5, 0.6) is 0 Å². The molecule has 3 heteroatoms. The van der Waals surface area contributed by atoms with Crippen molar-refractivity contribution in [3.8, 4) is 0 Å². The average molecular weight is 247 g/mol. The summed E-state index contributed by atoms with van der Waals surface area (Å²) < 4.78 is 11.9. The maximum atomic E-state index is 5.94. The lowest BCUT2D eigenvalue weighted by atomic mass is 9.90. The molecule has 2 aliphatic rings. The third-order valence-electron chi connectivity index (χ3n) is 3.99. The topological polar surface area (TPSA) is 30.5 Å². The Labute approximate surface area is 108 Å². The number of nitrogens with one attached hydrogen (secondary N) is 1. The minimum atomic E-state index is -0.337. The summed E-state index contributed by atoms with van der Waals surface area (Å²) >= 11 is 0. The van der Waals surface area contributed by atoms with Gasteiger partial charge in [0.05, 0.1) is 13.2 Å². The van der Waals surface area contributed by atoms with Crippen molar-refractivity contribution < 1.29 is 9.47 Å². The summed E-state index contributed by atoms with van der Waals surface area (Å²) in [7, 11) is 0. The van der Waals surface area contributed by atoms with E-state index in [2.05, 4.69) is 36.5 Å². The fourth-order valence-electron chi connectivity index (χ4n) is 3.00. The molecule has 2 aliphatic heterocycles. The number of hydrogen-bond donors (Lipinski definition) is 1. The van der Waals surface area contributed by atoms with Crippen LogP contribution < -0.4 is 5.32 Å². The van der Waals surface area contributed by atoms with Crippen LogP contribution in [-0.4, -0.2) is 25.5 Å². The first-order chi connectivity index (χ1) is 8.79. The maximum absolute atomic E-state index is 5.94. The number of benzene rings is 1. The summed E-state index contributed by atoms with van der Waals surface area (Å²) in [5.74, 6) is -0.337. The summed E-state index contributed by atoms with van der Waals surface area (Å²) in [6.45, 7) is 4.79. The van der Waals surface area contributed by atoms with Gasteiger partial charge < -0.3 is 14.8 Å². The largest absolute Gasteiger partial charge is 0.350 e. The van der Waals surface area contributed by atoms with Crippen molar-refractivity contribution in [1.29, 1.82) is 0 Å². The zero-order valence-electron chi connectivity index (χ0n) is 10.9. The fourth-order valence-corrected chi connectivity index (χ4v) is 3.00. The van der Waals surface area contributed by atoms with Gasteiger partial charge >= 0.3 is 0 Å². The van der Waals surface area contributed by atoms with Crippen LogP contribution in [0, 0.1) is 6.92 Å². The molecule has 2 fully saturated rings. The van der Waals surface area contributed by atoms with Crippen LogP contribution in [0.2, 0.25) is 0 Å². The van der Waals surface area contributed by atoms with Crippen LogP contribution in [0.25, 0.3) is 0 Å². The molecule has 0 radical (unpaired) electrons. The fraction of sp³-hybridized carbons (Fsp3) is 0.600. The second-order valence-corrected chi connectivity index (χ2v) is 5.28. The van der Waals surface area contributed by atoms with Crippen LogP contribution in [0.4, 0.5) is 0 Å². The Morgan fingerprint density at radius 1 is 1.22 bits per heavy atom. The predicted octanol–water partition coefficient (Wildman–Crippen LogP) is 2.55. The van der Waals surface area contributed by atoms with Gasteiger partial charge in [-0.1, -0.05) is 24.3 Å². The van der Waals surface area contributed by atoms with Gasteiger partial charge in [0.15, 0.2) is 5.79 Å². The Kier molecular flexibility index (Phi) is 3.37. The van der Waals surface area contributed by atoms with Crippen LogP contribution in [0.15, 0.2) is 24.3 Å². The molecule has 1 N–H and O–H groups in total. The van der Waals surface area contributed by atoms with Crippen LogP contribution in [0.3, 0.4) is 0 Å². The molecule has 0 saturated carbocycles. The Balaban J connectivity index is 1.80. The van der Waals surface area contributed by atoms with Crippen LogP contribution in [0.1, 0.15) is 36.4 Å². The molecule has 0 aliphatic carbocycles. The Morgan fingerprint density at radius 3 is 2.78 bits per heavy atom. The molecule has 1 atom stereocenters. The third-order valence-corrected chi connectivity index (χ3v) is 3.99. The number of rotatable bonds is 1. The minimum absolute atomic E-state index is 0.337. The van der Waals surface area contributed by atoms with E-state index in [4.69, 9.17) is 9.47 Å². The van der Waals surface area contributed by atoms with Crippen molar-refractivity contribution in [3.63, 3.8) is 0 Å². The molecule has 1 aromatic rings. The minimum Gasteiger partial charge on any atom is -0.350 e. The summed E-state index contributed by atoms with van der Waals surface area (Å²) in [5, 5.41) is 3.59. The standard InChI is InChI=1S/C15H21NO2/c1-12-5-2-3-6-13(12)14-11-15(7-8-16-14)17-9-4-10-18-15/h2-3,5-6,14,16H,4,7-11H2,1H3. The lowest BCUT2D eigenvalue weighted by molar-refractivity contribution is -0.281. The number of hydrogen-bond acceptors (Lipinski definition) is 3. The van der Waals surface area contributed by atoms with Crippen LogP contribution in [-0.2, 0) is 9.47 Å². The van der Waals surface area contributed by atoms with Gasteiger partial charge in [-0.25, -0.2) is 0 Å². The van der Waals surface area contributed by atoms with Gasteiger partial charge in [0, 0.05) is 25.4 Å². The lowest BCUT2D eigenvalue weighted by Crippen LogP contribution is -2.49. The zero-order chi connectivity index (χ0) is 12.4. The monoisotopic (exact) mass is 247 g/mol. The number of ether oxygens (including phenoxy) is 2. The van der Waals surface area contributed by atoms with Crippen molar-refractivity contribution in [2.24, 2.45) is 0 Å². The molecule has 0 amide bonds. The van der Waals surface area contributed by atoms with Crippen molar-refractivity contribution in [2.75, 3.05) is 19.8 Å². The number of piperidine rings is 1. The molecule has 1 unspecified atom stereocenters. The maximum Gasteiger partial charge on any atom is 0.171 e. The first-order valence-corrected chi connectivity index (χ1v) is 6.86. The van der Waals surface area contributed by atoms with Gasteiger partial charge in [-0.05, 0) is 24.5 Å². The molecule has 2 saturated heterocycles. The highest BCUT2D eigenvalue weighted by Gasteiger charge is 2.40. The Morgan fingerprint density at radius 2 is 2.00 bits per heavy atom. The second kappa shape index (κ2) is 5.00. The summed E-state index contributed by atoms with van der Waals surface area (Å²) in [6, 6.07) is 8.91. The van der Waals surface area contributed by atoms with Crippen molar-refractivity contribution in [2.45, 2.75) is 38.0 Å². The smallest absolute Gasteiger partial charge is 0.171 e. The normalized spacial score (nSPS) is 27.3. The molecule has 0 bridgehead atoms. The Bertz CT molecular complexity index is 407. The van der Waals surface area contributed by atoms with E-state index in [1.165, 1.54) is 11.1 Å². The molecule has 18 heavy (non-hydrogen) atoms. The molecule has 98 valence electrons. The van der Waals surface area contributed by atoms with Gasteiger partial charge in [0.1, 0.15) is 0 Å². The van der Waals surface area contributed by atoms with E-state index in [9.17, 15) is 0 Å². The molecule has 0 aromatic heterocycles. The average Bonchev–Trinajstić information content (AvgIpc) is 2.40.